The molecule has 14 nitrogen and oxygen atoms in total. The molecule has 10 N–H and O–H groups in total. The number of fused-ring (bicyclic) bond motifs is 1. The van der Waals surface area contributed by atoms with E-state index in [0.717, 1.165) is 10.9 Å². The number of benzene rings is 1. The molecule has 0 aliphatic heterocycles. The molecule has 4 amide bonds. The number of rotatable bonds is 17. The third-order valence-corrected chi connectivity index (χ3v) is 7.24. The first-order chi connectivity index (χ1) is 20.1. The van der Waals surface area contributed by atoms with Gasteiger partial charge in [-0.1, -0.05) is 18.2 Å². The second-order valence-corrected chi connectivity index (χ2v) is 10.7. The van der Waals surface area contributed by atoms with Gasteiger partial charge in [0.05, 0.1) is 12.4 Å². The van der Waals surface area contributed by atoms with Crippen LogP contribution < -0.4 is 27.4 Å². The van der Waals surface area contributed by atoms with E-state index in [-0.39, 0.29) is 32.1 Å². The third kappa shape index (κ3) is 9.34. The molecule has 0 saturated heterocycles. The summed E-state index contributed by atoms with van der Waals surface area (Å²) in [7, 11) is 0. The number of primary amides is 1. The standard InChI is InChI=1S/C27H36N8O6S/c1-42-9-8-20(33-24(37)18(28)11-16-13-30-14-32-16)25(38)35-22(10-15-12-31-19-5-3-2-4-17(15)19)26(39)34-21(27(40)41)6-7-23(29)36/h2-5,12-14,18,20-22,31H,6-11,28H2,1H3,(H2,29,36)(H,30,32)(H,33,37)(H,34,39)(H,35,38)(H,40,41). The number of para-hydroxylation sites is 1. The lowest BCUT2D eigenvalue weighted by Crippen LogP contribution is -2.58. The van der Waals surface area contributed by atoms with Gasteiger partial charge < -0.3 is 42.5 Å². The molecule has 42 heavy (non-hydrogen) atoms. The summed E-state index contributed by atoms with van der Waals surface area (Å²) in [6, 6.07) is 2.81. The van der Waals surface area contributed by atoms with E-state index in [2.05, 4.69) is 30.9 Å². The lowest BCUT2D eigenvalue weighted by atomic mass is 10.0. The van der Waals surface area contributed by atoms with E-state index >= 15 is 0 Å². The van der Waals surface area contributed by atoms with Crippen LogP contribution >= 0.6 is 11.8 Å². The summed E-state index contributed by atoms with van der Waals surface area (Å²) in [5.74, 6) is -3.48. The number of aromatic nitrogens is 3. The molecule has 0 saturated carbocycles. The molecule has 15 heteroatoms. The van der Waals surface area contributed by atoms with Crippen LogP contribution in [0.4, 0.5) is 0 Å². The van der Waals surface area contributed by atoms with Crippen molar-refractivity contribution in [2.45, 2.75) is 56.3 Å². The van der Waals surface area contributed by atoms with Crippen molar-refractivity contribution in [3.05, 3.63) is 54.2 Å². The summed E-state index contributed by atoms with van der Waals surface area (Å²) in [5, 5.41) is 18.2. The Bertz CT molecular complexity index is 1380. The Labute approximate surface area is 246 Å². The highest BCUT2D eigenvalue weighted by atomic mass is 32.2. The zero-order valence-corrected chi connectivity index (χ0v) is 23.9. The number of amides is 4. The molecular weight excluding hydrogens is 564 g/mol. The zero-order valence-electron chi connectivity index (χ0n) is 23.1. The second-order valence-electron chi connectivity index (χ2n) is 9.76. The molecule has 0 aliphatic carbocycles. The van der Waals surface area contributed by atoms with Crippen LogP contribution in [0, 0.1) is 0 Å². The van der Waals surface area contributed by atoms with Gasteiger partial charge >= 0.3 is 5.97 Å². The fourth-order valence-corrected chi connectivity index (χ4v) is 4.80. The van der Waals surface area contributed by atoms with Gasteiger partial charge in [-0.25, -0.2) is 9.78 Å². The molecule has 3 aromatic rings. The molecular formula is C27H36N8O6S. The molecule has 4 unspecified atom stereocenters. The first-order valence-electron chi connectivity index (χ1n) is 13.3. The molecule has 0 radical (unpaired) electrons. The Morgan fingerprint density at radius 1 is 0.952 bits per heavy atom. The maximum absolute atomic E-state index is 13.5. The normalized spacial score (nSPS) is 14.0. The van der Waals surface area contributed by atoms with Crippen LogP contribution in [0.1, 0.15) is 30.5 Å². The average Bonchev–Trinajstić information content (AvgIpc) is 3.62. The number of hydrogen-bond donors (Lipinski definition) is 8. The minimum absolute atomic E-state index is 0.0201. The van der Waals surface area contributed by atoms with Gasteiger partial charge in [0.1, 0.15) is 18.1 Å². The molecule has 0 bridgehead atoms. The lowest BCUT2D eigenvalue weighted by Gasteiger charge is -2.25. The summed E-state index contributed by atoms with van der Waals surface area (Å²) in [6.45, 7) is 0. The van der Waals surface area contributed by atoms with Crippen molar-refractivity contribution in [3.63, 3.8) is 0 Å². The number of hydrogen-bond acceptors (Lipinski definition) is 8. The molecule has 3 rings (SSSR count). The van der Waals surface area contributed by atoms with Gasteiger partial charge in [-0.05, 0) is 36.5 Å². The van der Waals surface area contributed by atoms with E-state index in [1.54, 1.807) is 12.4 Å². The van der Waals surface area contributed by atoms with E-state index in [9.17, 15) is 29.1 Å². The molecule has 1 aromatic carbocycles. The first-order valence-corrected chi connectivity index (χ1v) is 14.7. The van der Waals surface area contributed by atoms with E-state index in [0.29, 0.717) is 17.0 Å². The van der Waals surface area contributed by atoms with Crippen LogP contribution in [0.3, 0.4) is 0 Å². The molecule has 226 valence electrons. The third-order valence-electron chi connectivity index (χ3n) is 6.60. The fraction of sp³-hybridized carbons (Fsp3) is 0.407. The van der Waals surface area contributed by atoms with Gasteiger partial charge in [-0.15, -0.1) is 0 Å². The zero-order chi connectivity index (χ0) is 30.6. The number of nitrogens with zero attached hydrogens (tertiary/aromatic N) is 1. The van der Waals surface area contributed by atoms with Crippen LogP contribution in [0.25, 0.3) is 10.9 Å². The maximum atomic E-state index is 13.5. The predicted molar refractivity (Wildman–Crippen MR) is 157 cm³/mol. The number of carboxylic acids is 1. The number of carbonyl (C=O) groups excluding carboxylic acids is 4. The van der Waals surface area contributed by atoms with Crippen molar-refractivity contribution >= 4 is 52.3 Å². The van der Waals surface area contributed by atoms with Crippen molar-refractivity contribution in [3.8, 4) is 0 Å². The van der Waals surface area contributed by atoms with Crippen molar-refractivity contribution in [2.24, 2.45) is 11.5 Å². The highest BCUT2D eigenvalue weighted by Crippen LogP contribution is 2.19. The minimum Gasteiger partial charge on any atom is -0.480 e. The molecule has 2 aromatic heterocycles. The number of carbonyl (C=O) groups is 5. The summed E-state index contributed by atoms with van der Waals surface area (Å²) >= 11 is 1.47. The average molecular weight is 601 g/mol. The molecule has 2 heterocycles. The number of thioether (sulfide) groups is 1. The van der Waals surface area contributed by atoms with Gasteiger partial charge in [0.25, 0.3) is 0 Å². The highest BCUT2D eigenvalue weighted by Gasteiger charge is 2.31. The predicted octanol–water partition coefficient (Wildman–Crippen LogP) is -0.439. The van der Waals surface area contributed by atoms with Gasteiger partial charge in [-0.3, -0.25) is 19.2 Å². The van der Waals surface area contributed by atoms with Crippen LogP contribution in [-0.4, -0.2) is 85.8 Å². The van der Waals surface area contributed by atoms with E-state index in [1.165, 1.54) is 18.1 Å². The van der Waals surface area contributed by atoms with Crippen molar-refractivity contribution in [2.75, 3.05) is 12.0 Å². The number of carboxylic acid groups (broad SMARTS) is 1. The highest BCUT2D eigenvalue weighted by molar-refractivity contribution is 7.98. The summed E-state index contributed by atoms with van der Waals surface area (Å²) in [4.78, 5) is 72.7. The number of imidazole rings is 1. The fourth-order valence-electron chi connectivity index (χ4n) is 4.33. The Morgan fingerprint density at radius 2 is 1.64 bits per heavy atom. The Hall–Kier alpha value is -4.37. The number of nitrogens with two attached hydrogens (primary N) is 2. The molecule has 0 fully saturated rings. The van der Waals surface area contributed by atoms with Gasteiger partial charge in [0.2, 0.25) is 23.6 Å². The molecule has 0 aliphatic rings. The van der Waals surface area contributed by atoms with Crippen molar-refractivity contribution in [1.29, 1.82) is 0 Å². The Kier molecular flexibility index (Phi) is 11.9. The topological polar surface area (TPSA) is 238 Å². The van der Waals surface area contributed by atoms with Crippen LogP contribution in [0.5, 0.6) is 0 Å². The minimum atomic E-state index is -1.40. The lowest BCUT2D eigenvalue weighted by molar-refractivity contribution is -0.142. The second kappa shape index (κ2) is 15.6. The number of aliphatic carboxylic acids is 1. The summed E-state index contributed by atoms with van der Waals surface area (Å²) in [5.41, 5.74) is 13.4. The SMILES string of the molecule is CSCCC(NC(=O)C(N)Cc1cnc[nH]1)C(=O)NC(Cc1c[nH]c2ccccc12)C(=O)NC(CCC(N)=O)C(=O)O. The monoisotopic (exact) mass is 600 g/mol. The van der Waals surface area contributed by atoms with Crippen molar-refractivity contribution < 1.29 is 29.1 Å². The maximum Gasteiger partial charge on any atom is 0.326 e. The quantitative estimate of drug-likeness (QED) is 0.100. The number of H-pyrrole nitrogens is 2. The molecule has 0 spiro atoms. The summed E-state index contributed by atoms with van der Waals surface area (Å²) in [6.07, 6.45) is 6.56. The molecule has 4 atom stereocenters. The van der Waals surface area contributed by atoms with Gasteiger partial charge in [-0.2, -0.15) is 11.8 Å². The van der Waals surface area contributed by atoms with E-state index in [1.807, 2.05) is 30.5 Å². The largest absolute Gasteiger partial charge is 0.480 e. The number of nitrogens with one attached hydrogen (secondary N) is 5. The number of aromatic amines is 2. The smallest absolute Gasteiger partial charge is 0.326 e. The van der Waals surface area contributed by atoms with Gasteiger partial charge in [0.15, 0.2) is 0 Å². The Morgan fingerprint density at radius 3 is 2.31 bits per heavy atom. The van der Waals surface area contributed by atoms with Crippen LogP contribution in [0.2, 0.25) is 0 Å². The van der Waals surface area contributed by atoms with Crippen LogP contribution in [0.15, 0.2) is 43.0 Å². The van der Waals surface area contributed by atoms with E-state index in [4.69, 9.17) is 11.5 Å². The first kappa shape index (κ1) is 32.1. The van der Waals surface area contributed by atoms with E-state index < -0.39 is 53.8 Å². The Balaban J connectivity index is 1.81. The summed E-state index contributed by atoms with van der Waals surface area (Å²) < 4.78 is 0. The van der Waals surface area contributed by atoms with Crippen LogP contribution in [-0.2, 0) is 36.8 Å². The van der Waals surface area contributed by atoms with Gasteiger partial charge in [0, 0.05) is 48.3 Å². The van der Waals surface area contributed by atoms with Crippen molar-refractivity contribution in [1.82, 2.24) is 30.9 Å².